The third kappa shape index (κ3) is 1.06. The van der Waals surface area contributed by atoms with Crippen molar-refractivity contribution < 1.29 is 4.74 Å². The smallest absolute Gasteiger partial charge is 0.0620 e. The lowest BCUT2D eigenvalue weighted by Crippen LogP contribution is -2.37. The third-order valence-corrected chi connectivity index (χ3v) is 2.64. The van der Waals surface area contributed by atoms with Crippen LogP contribution >= 0.6 is 0 Å². The van der Waals surface area contributed by atoms with Crippen molar-refractivity contribution in [2.24, 2.45) is 5.92 Å². The Balaban J connectivity index is 1.91. The molecule has 1 heterocycles. The Morgan fingerprint density at radius 3 is 3.00 bits per heavy atom. The van der Waals surface area contributed by atoms with Crippen molar-refractivity contribution >= 4 is 0 Å². The second kappa shape index (κ2) is 2.51. The molecule has 1 aliphatic heterocycles. The molecule has 58 valence electrons. The molecular weight excluding hydrogens is 126 g/mol. The summed E-state index contributed by atoms with van der Waals surface area (Å²) in [5, 5.41) is 3.45. The maximum Gasteiger partial charge on any atom is 0.0620 e. The van der Waals surface area contributed by atoms with E-state index in [-0.39, 0.29) is 0 Å². The first-order valence-corrected chi connectivity index (χ1v) is 4.21. The van der Waals surface area contributed by atoms with E-state index in [2.05, 4.69) is 12.2 Å². The van der Waals surface area contributed by atoms with E-state index >= 15 is 0 Å². The first-order valence-electron chi connectivity index (χ1n) is 4.21. The highest BCUT2D eigenvalue weighted by molar-refractivity contribution is 4.86. The van der Waals surface area contributed by atoms with Gasteiger partial charge in [0, 0.05) is 12.6 Å². The van der Waals surface area contributed by atoms with E-state index in [1.165, 1.54) is 19.4 Å². The van der Waals surface area contributed by atoms with Crippen molar-refractivity contribution in [3.8, 4) is 0 Å². The van der Waals surface area contributed by atoms with E-state index in [1.807, 2.05) is 0 Å². The van der Waals surface area contributed by atoms with E-state index in [0.717, 1.165) is 12.5 Å². The van der Waals surface area contributed by atoms with Crippen LogP contribution in [0.1, 0.15) is 19.8 Å². The van der Waals surface area contributed by atoms with Crippen LogP contribution in [0, 0.1) is 5.92 Å². The summed E-state index contributed by atoms with van der Waals surface area (Å²) in [5.74, 6) is 0.824. The minimum absolute atomic E-state index is 0.561. The molecule has 10 heavy (non-hydrogen) atoms. The van der Waals surface area contributed by atoms with Crippen molar-refractivity contribution in [2.45, 2.75) is 31.9 Å². The molecule has 2 rings (SSSR count). The van der Waals surface area contributed by atoms with Crippen LogP contribution in [0.2, 0.25) is 0 Å². The summed E-state index contributed by atoms with van der Waals surface area (Å²) in [7, 11) is 0. The van der Waals surface area contributed by atoms with Gasteiger partial charge in [0.15, 0.2) is 0 Å². The topological polar surface area (TPSA) is 21.3 Å². The molecule has 3 unspecified atom stereocenters. The van der Waals surface area contributed by atoms with Gasteiger partial charge in [0.25, 0.3) is 0 Å². The molecule has 2 nitrogen and oxygen atoms in total. The largest absolute Gasteiger partial charge is 0.376 e. The van der Waals surface area contributed by atoms with Crippen LogP contribution in [0.5, 0.6) is 0 Å². The van der Waals surface area contributed by atoms with Crippen LogP contribution < -0.4 is 5.32 Å². The zero-order valence-corrected chi connectivity index (χ0v) is 6.47. The second-order valence-corrected chi connectivity index (χ2v) is 3.52. The molecule has 0 aromatic rings. The highest BCUT2D eigenvalue weighted by atomic mass is 16.5. The predicted octanol–water partition coefficient (Wildman–Crippen LogP) is 0.773. The van der Waals surface area contributed by atoms with Crippen LogP contribution in [0.15, 0.2) is 0 Å². The van der Waals surface area contributed by atoms with Crippen molar-refractivity contribution in [3.05, 3.63) is 0 Å². The Bertz CT molecular complexity index is 112. The van der Waals surface area contributed by atoms with Crippen LogP contribution in [0.4, 0.5) is 0 Å². The fourth-order valence-corrected chi connectivity index (χ4v) is 1.67. The third-order valence-electron chi connectivity index (χ3n) is 2.64. The zero-order chi connectivity index (χ0) is 6.97. The lowest BCUT2D eigenvalue weighted by Gasteiger charge is -2.33. The second-order valence-electron chi connectivity index (χ2n) is 3.52. The van der Waals surface area contributed by atoms with Crippen LogP contribution in [-0.4, -0.2) is 25.3 Å². The standard InChI is InChI=1S/C8H15NO/c1-6-5-10-8-3-2-7(8)4-9-6/h6-9H,2-5H2,1H3. The van der Waals surface area contributed by atoms with Crippen LogP contribution in [0.3, 0.4) is 0 Å². The Morgan fingerprint density at radius 1 is 1.40 bits per heavy atom. The first-order chi connectivity index (χ1) is 4.86. The summed E-state index contributed by atoms with van der Waals surface area (Å²) in [6, 6.07) is 0.561. The summed E-state index contributed by atoms with van der Waals surface area (Å²) in [6.45, 7) is 4.26. The summed E-state index contributed by atoms with van der Waals surface area (Å²) < 4.78 is 5.65. The Kier molecular flexibility index (Phi) is 1.66. The molecule has 0 amide bonds. The molecule has 2 heteroatoms. The van der Waals surface area contributed by atoms with Gasteiger partial charge in [-0.2, -0.15) is 0 Å². The molecule has 2 aliphatic rings. The van der Waals surface area contributed by atoms with E-state index < -0.39 is 0 Å². The fraction of sp³-hybridized carbons (Fsp3) is 1.00. The first kappa shape index (κ1) is 6.62. The lowest BCUT2D eigenvalue weighted by atomic mass is 9.82. The maximum absolute atomic E-state index is 5.65. The lowest BCUT2D eigenvalue weighted by molar-refractivity contribution is -0.0313. The molecule has 0 spiro atoms. The number of hydrogen-bond acceptors (Lipinski definition) is 2. The molecule has 0 aromatic carbocycles. The Labute approximate surface area is 61.9 Å². The molecule has 0 bridgehead atoms. The summed E-state index contributed by atoms with van der Waals surface area (Å²) in [5.41, 5.74) is 0. The molecule has 2 fully saturated rings. The van der Waals surface area contributed by atoms with Gasteiger partial charge in [-0.25, -0.2) is 0 Å². The van der Waals surface area contributed by atoms with Crippen LogP contribution in [0.25, 0.3) is 0 Å². The van der Waals surface area contributed by atoms with Gasteiger partial charge in [-0.15, -0.1) is 0 Å². The van der Waals surface area contributed by atoms with Gasteiger partial charge < -0.3 is 10.1 Å². The van der Waals surface area contributed by atoms with E-state index in [1.54, 1.807) is 0 Å². The minimum Gasteiger partial charge on any atom is -0.376 e. The molecule has 1 aliphatic carbocycles. The van der Waals surface area contributed by atoms with Gasteiger partial charge in [0.2, 0.25) is 0 Å². The SMILES string of the molecule is CC1COC2CCC2CN1. The van der Waals surface area contributed by atoms with Gasteiger partial charge in [0.1, 0.15) is 0 Å². The van der Waals surface area contributed by atoms with E-state index in [4.69, 9.17) is 4.74 Å². The Hall–Kier alpha value is -0.0800. The minimum atomic E-state index is 0.561. The zero-order valence-electron chi connectivity index (χ0n) is 6.47. The number of rotatable bonds is 0. The number of hydrogen-bond donors (Lipinski definition) is 1. The van der Waals surface area contributed by atoms with E-state index in [0.29, 0.717) is 12.1 Å². The van der Waals surface area contributed by atoms with Crippen molar-refractivity contribution in [1.29, 1.82) is 0 Å². The quantitative estimate of drug-likeness (QED) is 0.538. The summed E-state index contributed by atoms with van der Waals surface area (Å²) in [6.07, 6.45) is 3.25. The molecule has 1 N–H and O–H groups in total. The molecule has 1 saturated heterocycles. The molecule has 1 saturated carbocycles. The molecule has 3 atom stereocenters. The van der Waals surface area contributed by atoms with Crippen LogP contribution in [-0.2, 0) is 4.74 Å². The number of nitrogens with one attached hydrogen (secondary N) is 1. The Morgan fingerprint density at radius 2 is 2.30 bits per heavy atom. The molecular formula is C8H15NO. The molecule has 0 aromatic heterocycles. The van der Waals surface area contributed by atoms with Gasteiger partial charge in [-0.05, 0) is 25.7 Å². The fourth-order valence-electron chi connectivity index (χ4n) is 1.67. The number of ether oxygens (including phenoxy) is 1. The van der Waals surface area contributed by atoms with E-state index in [9.17, 15) is 0 Å². The highest BCUT2D eigenvalue weighted by Crippen LogP contribution is 2.31. The van der Waals surface area contributed by atoms with Crippen molar-refractivity contribution in [3.63, 3.8) is 0 Å². The average molecular weight is 141 g/mol. The monoisotopic (exact) mass is 141 g/mol. The average Bonchev–Trinajstić information content (AvgIpc) is 1.94. The summed E-state index contributed by atoms with van der Waals surface area (Å²) >= 11 is 0. The normalized spacial score (nSPS) is 47.1. The van der Waals surface area contributed by atoms with Gasteiger partial charge in [-0.1, -0.05) is 0 Å². The van der Waals surface area contributed by atoms with Crippen molar-refractivity contribution in [2.75, 3.05) is 13.2 Å². The summed E-state index contributed by atoms with van der Waals surface area (Å²) in [4.78, 5) is 0. The predicted molar refractivity (Wildman–Crippen MR) is 39.9 cm³/mol. The number of fused-ring (bicyclic) bond motifs is 1. The van der Waals surface area contributed by atoms with Gasteiger partial charge in [-0.3, -0.25) is 0 Å². The van der Waals surface area contributed by atoms with Crippen molar-refractivity contribution in [1.82, 2.24) is 5.32 Å². The maximum atomic E-state index is 5.65. The van der Waals surface area contributed by atoms with Gasteiger partial charge >= 0.3 is 0 Å². The molecule has 0 radical (unpaired) electrons. The van der Waals surface area contributed by atoms with Gasteiger partial charge in [0.05, 0.1) is 12.7 Å². The highest BCUT2D eigenvalue weighted by Gasteiger charge is 2.33.